The quantitative estimate of drug-likeness (QED) is 0.523. The van der Waals surface area contributed by atoms with Crippen molar-refractivity contribution in [3.63, 3.8) is 0 Å². The van der Waals surface area contributed by atoms with Crippen molar-refractivity contribution in [3.05, 3.63) is 48.0 Å². The third kappa shape index (κ3) is 5.66. The van der Waals surface area contributed by atoms with Crippen LogP contribution in [0.1, 0.15) is 24.5 Å². The fourth-order valence-electron chi connectivity index (χ4n) is 1.72. The van der Waals surface area contributed by atoms with Gasteiger partial charge in [0.2, 0.25) is 0 Å². The standard InChI is InChI=1S/C15H23NO/c1-3-10-16-11-9-14-7-5-6-8-15(14)13-17-12-4-2/h4-8,16H,2-3,9-13H2,1H3. The van der Waals surface area contributed by atoms with Gasteiger partial charge in [-0.1, -0.05) is 37.3 Å². The summed E-state index contributed by atoms with van der Waals surface area (Å²) in [5.41, 5.74) is 2.66. The van der Waals surface area contributed by atoms with Crippen molar-refractivity contribution in [1.29, 1.82) is 0 Å². The van der Waals surface area contributed by atoms with E-state index in [-0.39, 0.29) is 0 Å². The summed E-state index contributed by atoms with van der Waals surface area (Å²) < 4.78 is 5.50. The van der Waals surface area contributed by atoms with E-state index in [1.807, 2.05) is 0 Å². The first-order valence-electron chi connectivity index (χ1n) is 6.34. The predicted molar refractivity (Wildman–Crippen MR) is 73.2 cm³/mol. The summed E-state index contributed by atoms with van der Waals surface area (Å²) in [4.78, 5) is 0. The summed E-state index contributed by atoms with van der Waals surface area (Å²) in [5, 5.41) is 3.42. The highest BCUT2D eigenvalue weighted by molar-refractivity contribution is 5.26. The number of rotatable bonds is 9. The normalized spacial score (nSPS) is 10.4. The van der Waals surface area contributed by atoms with Crippen molar-refractivity contribution in [2.24, 2.45) is 0 Å². The number of hydrogen-bond donors (Lipinski definition) is 1. The van der Waals surface area contributed by atoms with Gasteiger partial charge in [0.25, 0.3) is 0 Å². The molecular formula is C15H23NO. The van der Waals surface area contributed by atoms with Gasteiger partial charge in [-0.3, -0.25) is 0 Å². The summed E-state index contributed by atoms with van der Waals surface area (Å²) in [6.45, 7) is 9.25. The molecule has 0 radical (unpaired) electrons. The van der Waals surface area contributed by atoms with E-state index in [2.05, 4.69) is 43.1 Å². The Labute approximate surface area is 105 Å². The molecule has 94 valence electrons. The Kier molecular flexibility index (Phi) is 7.35. The van der Waals surface area contributed by atoms with Crippen molar-refractivity contribution in [2.75, 3.05) is 19.7 Å². The maximum atomic E-state index is 5.50. The molecular weight excluding hydrogens is 210 g/mol. The molecule has 0 heterocycles. The van der Waals surface area contributed by atoms with E-state index < -0.39 is 0 Å². The summed E-state index contributed by atoms with van der Waals surface area (Å²) in [7, 11) is 0. The highest BCUT2D eigenvalue weighted by atomic mass is 16.5. The average molecular weight is 233 g/mol. The zero-order valence-corrected chi connectivity index (χ0v) is 10.7. The van der Waals surface area contributed by atoms with E-state index in [4.69, 9.17) is 4.74 Å². The third-order valence-electron chi connectivity index (χ3n) is 2.61. The highest BCUT2D eigenvalue weighted by Gasteiger charge is 2.01. The van der Waals surface area contributed by atoms with Crippen molar-refractivity contribution in [1.82, 2.24) is 5.32 Å². The molecule has 0 aromatic heterocycles. The van der Waals surface area contributed by atoms with Crippen molar-refractivity contribution in [2.45, 2.75) is 26.4 Å². The fourth-order valence-corrected chi connectivity index (χ4v) is 1.72. The van der Waals surface area contributed by atoms with Crippen LogP contribution in [0.15, 0.2) is 36.9 Å². The Morgan fingerprint density at radius 3 is 2.71 bits per heavy atom. The Morgan fingerprint density at radius 2 is 2.00 bits per heavy atom. The SMILES string of the molecule is C=CCOCc1ccccc1CCNCCC. The third-order valence-corrected chi connectivity index (χ3v) is 2.61. The van der Waals surface area contributed by atoms with Crippen molar-refractivity contribution >= 4 is 0 Å². The van der Waals surface area contributed by atoms with Gasteiger partial charge >= 0.3 is 0 Å². The van der Waals surface area contributed by atoms with Crippen molar-refractivity contribution in [3.8, 4) is 0 Å². The molecule has 0 atom stereocenters. The maximum absolute atomic E-state index is 5.50. The van der Waals surface area contributed by atoms with Crippen LogP contribution in [-0.2, 0) is 17.8 Å². The minimum atomic E-state index is 0.614. The maximum Gasteiger partial charge on any atom is 0.0723 e. The van der Waals surface area contributed by atoms with Crippen LogP contribution in [0.2, 0.25) is 0 Å². The Bertz CT molecular complexity index is 322. The molecule has 0 bridgehead atoms. The molecule has 0 aliphatic rings. The van der Waals surface area contributed by atoms with Crippen LogP contribution >= 0.6 is 0 Å². The Hall–Kier alpha value is -1.12. The lowest BCUT2D eigenvalue weighted by Gasteiger charge is -2.10. The van der Waals surface area contributed by atoms with E-state index in [0.29, 0.717) is 13.2 Å². The van der Waals surface area contributed by atoms with E-state index in [1.165, 1.54) is 17.5 Å². The van der Waals surface area contributed by atoms with E-state index in [1.54, 1.807) is 6.08 Å². The lowest BCUT2D eigenvalue weighted by molar-refractivity contribution is 0.148. The molecule has 0 aliphatic heterocycles. The second-order valence-electron chi connectivity index (χ2n) is 4.07. The molecule has 0 saturated heterocycles. The predicted octanol–water partition coefficient (Wildman–Crippen LogP) is 2.93. The second kappa shape index (κ2) is 8.97. The molecule has 1 N–H and O–H groups in total. The monoisotopic (exact) mass is 233 g/mol. The first-order valence-corrected chi connectivity index (χ1v) is 6.34. The molecule has 0 amide bonds. The van der Waals surface area contributed by atoms with Gasteiger partial charge in [0.1, 0.15) is 0 Å². The van der Waals surface area contributed by atoms with Crippen LogP contribution in [0.5, 0.6) is 0 Å². The van der Waals surface area contributed by atoms with Gasteiger partial charge in [-0.2, -0.15) is 0 Å². The van der Waals surface area contributed by atoms with Crippen LogP contribution in [-0.4, -0.2) is 19.7 Å². The lowest BCUT2D eigenvalue weighted by atomic mass is 10.1. The van der Waals surface area contributed by atoms with E-state index in [0.717, 1.165) is 19.5 Å². The number of ether oxygens (including phenoxy) is 1. The molecule has 1 aromatic carbocycles. The zero-order chi connectivity index (χ0) is 12.3. The molecule has 1 aromatic rings. The van der Waals surface area contributed by atoms with Crippen LogP contribution in [0.4, 0.5) is 0 Å². The zero-order valence-electron chi connectivity index (χ0n) is 10.7. The highest BCUT2D eigenvalue weighted by Crippen LogP contribution is 2.10. The lowest BCUT2D eigenvalue weighted by Crippen LogP contribution is -2.18. The summed E-state index contributed by atoms with van der Waals surface area (Å²) in [5.74, 6) is 0. The Morgan fingerprint density at radius 1 is 1.24 bits per heavy atom. The molecule has 0 unspecified atom stereocenters. The summed E-state index contributed by atoms with van der Waals surface area (Å²) >= 11 is 0. The molecule has 17 heavy (non-hydrogen) atoms. The summed E-state index contributed by atoms with van der Waals surface area (Å²) in [6, 6.07) is 8.47. The average Bonchev–Trinajstić information content (AvgIpc) is 2.36. The van der Waals surface area contributed by atoms with Crippen molar-refractivity contribution < 1.29 is 4.74 Å². The van der Waals surface area contributed by atoms with Gasteiger partial charge < -0.3 is 10.1 Å². The molecule has 0 spiro atoms. The Balaban J connectivity index is 2.42. The second-order valence-corrected chi connectivity index (χ2v) is 4.07. The topological polar surface area (TPSA) is 21.3 Å². The first-order chi connectivity index (χ1) is 8.38. The van der Waals surface area contributed by atoms with Gasteiger partial charge in [-0.05, 0) is 37.1 Å². The molecule has 0 saturated carbocycles. The first kappa shape index (κ1) is 13.9. The number of nitrogens with one attached hydrogen (secondary N) is 1. The molecule has 1 rings (SSSR count). The minimum absolute atomic E-state index is 0.614. The molecule has 0 aliphatic carbocycles. The molecule has 2 nitrogen and oxygen atoms in total. The molecule has 2 heteroatoms. The van der Waals surface area contributed by atoms with E-state index in [9.17, 15) is 0 Å². The van der Waals surface area contributed by atoms with Crippen LogP contribution in [0.3, 0.4) is 0 Å². The fraction of sp³-hybridized carbons (Fsp3) is 0.467. The smallest absolute Gasteiger partial charge is 0.0723 e. The minimum Gasteiger partial charge on any atom is -0.373 e. The molecule has 0 fully saturated rings. The van der Waals surface area contributed by atoms with Gasteiger partial charge in [-0.15, -0.1) is 6.58 Å². The van der Waals surface area contributed by atoms with Gasteiger partial charge in [0.15, 0.2) is 0 Å². The van der Waals surface area contributed by atoms with Crippen LogP contribution < -0.4 is 5.32 Å². The van der Waals surface area contributed by atoms with E-state index >= 15 is 0 Å². The van der Waals surface area contributed by atoms with Crippen LogP contribution in [0.25, 0.3) is 0 Å². The van der Waals surface area contributed by atoms with Gasteiger partial charge in [0, 0.05) is 0 Å². The van der Waals surface area contributed by atoms with Gasteiger partial charge in [0.05, 0.1) is 13.2 Å². The number of benzene rings is 1. The van der Waals surface area contributed by atoms with Gasteiger partial charge in [-0.25, -0.2) is 0 Å². The van der Waals surface area contributed by atoms with Crippen LogP contribution in [0, 0.1) is 0 Å². The largest absolute Gasteiger partial charge is 0.373 e. The summed E-state index contributed by atoms with van der Waals surface area (Å²) in [6.07, 6.45) is 4.03. The number of hydrogen-bond acceptors (Lipinski definition) is 2.